The van der Waals surface area contributed by atoms with Crippen LogP contribution in [0.3, 0.4) is 0 Å². The Kier molecular flexibility index (Phi) is 5.27. The van der Waals surface area contributed by atoms with Crippen LogP contribution in [0.15, 0.2) is 78.9 Å². The van der Waals surface area contributed by atoms with Crippen LogP contribution in [-0.4, -0.2) is 6.71 Å². The van der Waals surface area contributed by atoms with Crippen molar-refractivity contribution >= 4 is 40.2 Å². The first kappa shape index (κ1) is 26.7. The molecule has 0 aromatic heterocycles. The number of nitrogens with zero attached hydrogens (tertiary/aromatic N) is 1. The van der Waals surface area contributed by atoms with Gasteiger partial charge in [0, 0.05) is 17.1 Å². The average Bonchev–Trinajstić information content (AvgIpc) is 3.02. The fourth-order valence-corrected chi connectivity index (χ4v) is 11.4. The summed E-state index contributed by atoms with van der Waals surface area (Å²) in [7, 11) is 0. The minimum atomic E-state index is 0.143. The van der Waals surface area contributed by atoms with Crippen molar-refractivity contribution in [2.75, 3.05) is 4.90 Å². The fourth-order valence-electron chi connectivity index (χ4n) is 11.4. The van der Waals surface area contributed by atoms with Gasteiger partial charge >= 0.3 is 0 Å². The Hall–Kier alpha value is -3.46. The number of anilines is 3. The van der Waals surface area contributed by atoms with Crippen molar-refractivity contribution in [3.8, 4) is 11.5 Å². The van der Waals surface area contributed by atoms with Crippen LogP contribution in [-0.2, 0) is 16.2 Å². The summed E-state index contributed by atoms with van der Waals surface area (Å²) in [4.78, 5) is 2.55. The number of hydrogen-bond donors (Lipinski definition) is 0. The molecule has 3 heteroatoms. The second-order valence-corrected chi connectivity index (χ2v) is 17.1. The smallest absolute Gasteiger partial charge is 0.256 e. The minimum Gasteiger partial charge on any atom is -0.458 e. The van der Waals surface area contributed by atoms with Crippen LogP contribution in [0.4, 0.5) is 17.1 Å². The van der Waals surface area contributed by atoms with Gasteiger partial charge < -0.3 is 9.64 Å². The number of benzene rings is 4. The largest absolute Gasteiger partial charge is 0.458 e. The Balaban J connectivity index is 1.25. The molecule has 0 radical (unpaired) electrons. The van der Waals surface area contributed by atoms with Gasteiger partial charge in [0.25, 0.3) is 6.71 Å². The van der Waals surface area contributed by atoms with Gasteiger partial charge in [-0.1, -0.05) is 70.2 Å². The van der Waals surface area contributed by atoms with Gasteiger partial charge in [0.05, 0.1) is 0 Å². The summed E-state index contributed by atoms with van der Waals surface area (Å²) in [5.41, 5.74) is 13.1. The zero-order valence-electron chi connectivity index (χ0n) is 27.3. The first-order chi connectivity index (χ1) is 21.7. The van der Waals surface area contributed by atoms with Crippen molar-refractivity contribution < 1.29 is 4.74 Å². The number of rotatable bonds is 2. The molecule has 226 valence electrons. The molecule has 4 fully saturated rings. The number of fused-ring (bicyclic) bond motifs is 5. The van der Waals surface area contributed by atoms with Gasteiger partial charge in [-0.25, -0.2) is 0 Å². The van der Waals surface area contributed by atoms with Gasteiger partial charge in [0.15, 0.2) is 0 Å². The third-order valence-electron chi connectivity index (χ3n) is 13.3. The van der Waals surface area contributed by atoms with Gasteiger partial charge in [-0.05, 0) is 155 Å². The van der Waals surface area contributed by atoms with Crippen molar-refractivity contribution in [3.63, 3.8) is 0 Å². The monoisotopic (exact) mass is 589 g/mol. The highest BCUT2D eigenvalue weighted by atomic mass is 16.5. The van der Waals surface area contributed by atoms with Crippen LogP contribution in [0.5, 0.6) is 11.5 Å². The number of hydrogen-bond acceptors (Lipinski definition) is 2. The SMILES string of the molecule is CC1(C)CCC(C)(C)c2cc3c(cc21)Oc1cc(C24CC5CC(CC(C5)C2)C4)cc2c1B3c1ccccc1N2c1ccccc1. The Labute approximate surface area is 269 Å². The van der Waals surface area contributed by atoms with Crippen LogP contribution in [0.2, 0.25) is 0 Å². The molecule has 5 aliphatic carbocycles. The predicted molar refractivity (Wildman–Crippen MR) is 187 cm³/mol. The molecule has 4 aromatic carbocycles. The van der Waals surface area contributed by atoms with Crippen LogP contribution in [0, 0.1) is 17.8 Å². The zero-order valence-corrected chi connectivity index (χ0v) is 27.3. The normalized spacial score (nSPS) is 28.9. The Morgan fingerprint density at radius 1 is 0.644 bits per heavy atom. The van der Waals surface area contributed by atoms with E-state index in [9.17, 15) is 0 Å². The molecule has 0 spiro atoms. The number of ether oxygens (including phenoxy) is 1. The van der Waals surface area contributed by atoms with Crippen molar-refractivity contribution in [1.29, 1.82) is 0 Å². The van der Waals surface area contributed by atoms with Gasteiger partial charge in [0.2, 0.25) is 0 Å². The van der Waals surface area contributed by atoms with Crippen LogP contribution in [0.25, 0.3) is 0 Å². The summed E-state index contributed by atoms with van der Waals surface area (Å²) in [6, 6.07) is 30.4. The molecule has 2 nitrogen and oxygen atoms in total. The molecule has 4 bridgehead atoms. The molecule has 0 N–H and O–H groups in total. The molecule has 2 heterocycles. The topological polar surface area (TPSA) is 12.5 Å². The van der Waals surface area contributed by atoms with Crippen molar-refractivity contribution in [1.82, 2.24) is 0 Å². The molecule has 11 rings (SSSR count). The van der Waals surface area contributed by atoms with Gasteiger partial charge in [0.1, 0.15) is 11.5 Å². The molecule has 4 saturated carbocycles. The van der Waals surface area contributed by atoms with E-state index < -0.39 is 0 Å². The lowest BCUT2D eigenvalue weighted by atomic mass is 9.33. The maximum absolute atomic E-state index is 7.23. The minimum absolute atomic E-state index is 0.143. The summed E-state index contributed by atoms with van der Waals surface area (Å²) in [6.45, 7) is 9.91. The summed E-state index contributed by atoms with van der Waals surface area (Å²) in [6.07, 6.45) is 10.9. The molecule has 0 unspecified atom stereocenters. The van der Waals surface area contributed by atoms with Crippen molar-refractivity contribution in [2.24, 2.45) is 17.8 Å². The Bertz CT molecular complexity index is 1850. The van der Waals surface area contributed by atoms with Crippen LogP contribution in [0.1, 0.15) is 95.8 Å². The van der Waals surface area contributed by atoms with E-state index >= 15 is 0 Å². The maximum Gasteiger partial charge on any atom is 0.256 e. The quantitative estimate of drug-likeness (QED) is 0.187. The van der Waals surface area contributed by atoms with E-state index in [2.05, 4.69) is 111 Å². The van der Waals surface area contributed by atoms with Crippen molar-refractivity contribution in [2.45, 2.75) is 95.3 Å². The molecule has 4 aromatic rings. The highest BCUT2D eigenvalue weighted by Crippen LogP contribution is 2.61. The zero-order chi connectivity index (χ0) is 30.3. The Morgan fingerprint density at radius 3 is 1.96 bits per heavy atom. The van der Waals surface area contributed by atoms with Crippen LogP contribution < -0.4 is 26.0 Å². The molecule has 2 aliphatic heterocycles. The van der Waals surface area contributed by atoms with Gasteiger partial charge in [-0.15, -0.1) is 0 Å². The highest BCUT2D eigenvalue weighted by Gasteiger charge is 2.53. The lowest BCUT2D eigenvalue weighted by Crippen LogP contribution is -2.60. The molecule has 45 heavy (non-hydrogen) atoms. The summed E-state index contributed by atoms with van der Waals surface area (Å²) in [5, 5.41) is 0. The second kappa shape index (κ2) is 8.87. The number of para-hydroxylation sites is 2. The van der Waals surface area contributed by atoms with Crippen molar-refractivity contribution in [3.05, 3.63) is 95.6 Å². The molecular weight excluding hydrogens is 545 g/mol. The summed E-state index contributed by atoms with van der Waals surface area (Å²) in [5.74, 6) is 4.89. The van der Waals surface area contributed by atoms with Gasteiger partial charge in [-0.3, -0.25) is 0 Å². The predicted octanol–water partition coefficient (Wildman–Crippen LogP) is 8.91. The standard InChI is InChI=1S/C42H44BNO/c1-40(2)14-15-41(3,4)32-22-37-34(21-31(32)40)43-33-12-8-9-13-35(33)44(30-10-6-5-7-11-30)36-19-29(20-38(45-37)39(36)43)42-23-26-16-27(24-42)18-28(17-26)25-42/h5-13,19-22,26-28H,14-18,23-25H2,1-4H3. The van der Waals surface area contributed by atoms with E-state index in [0.717, 1.165) is 29.3 Å². The third kappa shape index (κ3) is 3.70. The van der Waals surface area contributed by atoms with Crippen LogP contribution >= 0.6 is 0 Å². The second-order valence-electron chi connectivity index (χ2n) is 17.1. The molecular formula is C42H44BNO. The molecule has 0 atom stereocenters. The average molecular weight is 590 g/mol. The van der Waals surface area contributed by atoms with E-state index in [1.54, 1.807) is 0 Å². The third-order valence-corrected chi connectivity index (χ3v) is 13.3. The van der Waals surface area contributed by atoms with Gasteiger partial charge in [-0.2, -0.15) is 0 Å². The van der Waals surface area contributed by atoms with E-state index in [1.807, 2.05) is 0 Å². The Morgan fingerprint density at radius 2 is 1.27 bits per heavy atom. The summed E-state index contributed by atoms with van der Waals surface area (Å²) < 4.78 is 7.23. The summed E-state index contributed by atoms with van der Waals surface area (Å²) >= 11 is 0. The van der Waals surface area contributed by atoms with E-state index in [-0.39, 0.29) is 17.5 Å². The molecule has 7 aliphatic rings. The first-order valence-corrected chi connectivity index (χ1v) is 17.7. The van der Waals surface area contributed by atoms with E-state index in [4.69, 9.17) is 4.74 Å². The lowest BCUT2D eigenvalue weighted by Gasteiger charge is -2.57. The molecule has 0 amide bonds. The first-order valence-electron chi connectivity index (χ1n) is 17.7. The maximum atomic E-state index is 7.23. The fraction of sp³-hybridized carbons (Fsp3) is 0.429. The molecule has 0 saturated heterocycles. The van der Waals surface area contributed by atoms with E-state index in [1.165, 1.54) is 102 Å². The highest BCUT2D eigenvalue weighted by molar-refractivity contribution is 6.99. The lowest BCUT2D eigenvalue weighted by molar-refractivity contribution is -0.00522. The van der Waals surface area contributed by atoms with E-state index in [0.29, 0.717) is 5.41 Å².